The Morgan fingerprint density at radius 2 is 2.14 bits per heavy atom. The summed E-state index contributed by atoms with van der Waals surface area (Å²) in [6.07, 6.45) is 1.31. The molecule has 1 radical (unpaired) electrons. The first-order valence-electron chi connectivity index (χ1n) is 2.95. The molecule has 0 aromatic rings. The van der Waals surface area contributed by atoms with Gasteiger partial charge in [0.1, 0.15) is 0 Å². The molecule has 41 valence electrons. The molecule has 1 heterocycles. The van der Waals surface area contributed by atoms with Crippen LogP contribution in [0.2, 0.25) is 0 Å². The Balaban J connectivity index is 2.26. The van der Waals surface area contributed by atoms with Crippen LogP contribution in [0.15, 0.2) is 0 Å². The molecule has 0 bridgehead atoms. The van der Waals surface area contributed by atoms with Crippen molar-refractivity contribution in [1.29, 1.82) is 0 Å². The molecule has 1 nitrogen and oxygen atoms in total. The van der Waals surface area contributed by atoms with Crippen molar-refractivity contribution in [1.82, 2.24) is 5.32 Å². The molecule has 0 aromatic heterocycles. The van der Waals surface area contributed by atoms with Crippen LogP contribution in [0.4, 0.5) is 0 Å². The summed E-state index contributed by atoms with van der Waals surface area (Å²) in [5.74, 6) is 0.856. The van der Waals surface area contributed by atoms with Gasteiger partial charge >= 0.3 is 0 Å². The summed E-state index contributed by atoms with van der Waals surface area (Å²) in [4.78, 5) is 0. The molecule has 0 aromatic carbocycles. The highest BCUT2D eigenvalue weighted by molar-refractivity contribution is 4.73. The molecular weight excluding hydrogens is 86.1 g/mol. The second-order valence-electron chi connectivity index (χ2n) is 2.56. The molecule has 0 aliphatic carbocycles. The molecule has 1 aliphatic rings. The summed E-state index contributed by atoms with van der Waals surface area (Å²) in [5.41, 5.74) is 0. The smallest absolute Gasteiger partial charge is 0.0220 e. The van der Waals surface area contributed by atoms with Crippen LogP contribution in [0.1, 0.15) is 20.3 Å². The van der Waals surface area contributed by atoms with Crippen molar-refractivity contribution in [3.8, 4) is 0 Å². The van der Waals surface area contributed by atoms with Gasteiger partial charge in [0.25, 0.3) is 0 Å². The molecule has 1 heteroatoms. The Kier molecular flexibility index (Phi) is 1.33. The van der Waals surface area contributed by atoms with Crippen LogP contribution in [-0.2, 0) is 0 Å². The Morgan fingerprint density at radius 3 is 2.29 bits per heavy atom. The monoisotopic (exact) mass is 98.1 g/mol. The summed E-state index contributed by atoms with van der Waals surface area (Å²) in [7, 11) is 0. The highest BCUT2D eigenvalue weighted by Gasteiger charge is 2.16. The molecule has 0 N–H and O–H groups in total. The molecule has 7 heavy (non-hydrogen) atoms. The Morgan fingerprint density at radius 1 is 1.43 bits per heavy atom. The normalized spacial score (nSPS) is 42.0. The van der Waals surface area contributed by atoms with Crippen molar-refractivity contribution in [2.24, 2.45) is 5.92 Å². The van der Waals surface area contributed by atoms with Gasteiger partial charge in [-0.3, -0.25) is 0 Å². The summed E-state index contributed by atoms with van der Waals surface area (Å²) < 4.78 is 0. The maximum atomic E-state index is 4.32. The predicted molar refractivity (Wildman–Crippen MR) is 30.2 cm³/mol. The molecule has 0 amide bonds. The maximum absolute atomic E-state index is 4.32. The average molecular weight is 98.2 g/mol. The fourth-order valence-corrected chi connectivity index (χ4v) is 1.09. The lowest BCUT2D eigenvalue weighted by atomic mass is 10.1. The fraction of sp³-hybridized carbons (Fsp3) is 1.00. The zero-order chi connectivity index (χ0) is 5.28. The fourth-order valence-electron chi connectivity index (χ4n) is 1.09. The SMILES string of the molecule is C[C@@H]1C[N][C@H](C)C1. The van der Waals surface area contributed by atoms with Crippen LogP contribution in [0.5, 0.6) is 0 Å². The lowest BCUT2D eigenvalue weighted by molar-refractivity contribution is 0.620. The van der Waals surface area contributed by atoms with E-state index in [1.165, 1.54) is 6.42 Å². The average Bonchev–Trinajstić information content (AvgIpc) is 1.87. The van der Waals surface area contributed by atoms with Gasteiger partial charge in [0.05, 0.1) is 0 Å². The van der Waals surface area contributed by atoms with Crippen LogP contribution in [-0.4, -0.2) is 12.6 Å². The van der Waals surface area contributed by atoms with Gasteiger partial charge in [0.15, 0.2) is 0 Å². The van der Waals surface area contributed by atoms with Crippen molar-refractivity contribution < 1.29 is 0 Å². The first kappa shape index (κ1) is 5.10. The summed E-state index contributed by atoms with van der Waals surface area (Å²) >= 11 is 0. The minimum atomic E-state index is 0.648. The summed E-state index contributed by atoms with van der Waals surface area (Å²) in [6, 6.07) is 0.648. The van der Waals surface area contributed by atoms with E-state index >= 15 is 0 Å². The minimum absolute atomic E-state index is 0.648. The van der Waals surface area contributed by atoms with Crippen molar-refractivity contribution in [3.05, 3.63) is 0 Å². The maximum Gasteiger partial charge on any atom is 0.0220 e. The topological polar surface area (TPSA) is 14.1 Å². The predicted octanol–water partition coefficient (Wildman–Crippen LogP) is 1.02. The summed E-state index contributed by atoms with van der Waals surface area (Å²) in [5, 5.41) is 4.32. The molecule has 1 fully saturated rings. The van der Waals surface area contributed by atoms with Gasteiger partial charge in [-0.2, -0.15) is 0 Å². The van der Waals surface area contributed by atoms with Crippen LogP contribution in [0.25, 0.3) is 0 Å². The van der Waals surface area contributed by atoms with Crippen molar-refractivity contribution >= 4 is 0 Å². The zero-order valence-electron chi connectivity index (χ0n) is 5.02. The second-order valence-corrected chi connectivity index (χ2v) is 2.56. The van der Waals surface area contributed by atoms with Gasteiger partial charge in [-0.25, -0.2) is 5.32 Å². The van der Waals surface area contributed by atoms with Crippen LogP contribution < -0.4 is 5.32 Å². The van der Waals surface area contributed by atoms with Crippen LogP contribution >= 0.6 is 0 Å². The molecule has 0 spiro atoms. The first-order chi connectivity index (χ1) is 3.29. The van der Waals surface area contributed by atoms with E-state index in [0.29, 0.717) is 6.04 Å². The number of hydrogen-bond acceptors (Lipinski definition) is 0. The molecule has 0 saturated carbocycles. The van der Waals surface area contributed by atoms with Gasteiger partial charge in [0, 0.05) is 12.6 Å². The van der Waals surface area contributed by atoms with E-state index in [1.54, 1.807) is 0 Å². The summed E-state index contributed by atoms with van der Waals surface area (Å²) in [6.45, 7) is 5.54. The number of rotatable bonds is 0. The molecular formula is C6H12N. The van der Waals surface area contributed by atoms with Gasteiger partial charge in [0.2, 0.25) is 0 Å². The zero-order valence-corrected chi connectivity index (χ0v) is 5.02. The van der Waals surface area contributed by atoms with E-state index in [1.807, 2.05) is 0 Å². The van der Waals surface area contributed by atoms with E-state index in [-0.39, 0.29) is 0 Å². The minimum Gasteiger partial charge on any atom is -0.238 e. The van der Waals surface area contributed by atoms with Crippen LogP contribution in [0.3, 0.4) is 0 Å². The molecule has 2 atom stereocenters. The number of hydrogen-bond donors (Lipinski definition) is 0. The van der Waals surface area contributed by atoms with E-state index in [2.05, 4.69) is 19.2 Å². The van der Waals surface area contributed by atoms with E-state index in [0.717, 1.165) is 12.5 Å². The quantitative estimate of drug-likeness (QED) is 0.429. The lowest BCUT2D eigenvalue weighted by Crippen LogP contribution is -2.07. The number of nitrogens with zero attached hydrogens (tertiary/aromatic N) is 1. The third kappa shape index (κ3) is 1.16. The molecule has 1 rings (SSSR count). The highest BCUT2D eigenvalue weighted by Crippen LogP contribution is 2.12. The highest BCUT2D eigenvalue weighted by atomic mass is 14.9. The van der Waals surface area contributed by atoms with E-state index in [4.69, 9.17) is 0 Å². The van der Waals surface area contributed by atoms with Gasteiger partial charge < -0.3 is 0 Å². The van der Waals surface area contributed by atoms with Gasteiger partial charge in [-0.15, -0.1) is 0 Å². The third-order valence-electron chi connectivity index (χ3n) is 1.47. The molecule has 1 aliphatic heterocycles. The molecule has 0 unspecified atom stereocenters. The van der Waals surface area contributed by atoms with Gasteiger partial charge in [-0.1, -0.05) is 6.92 Å². The van der Waals surface area contributed by atoms with Crippen molar-refractivity contribution in [2.75, 3.05) is 6.54 Å². The van der Waals surface area contributed by atoms with Crippen molar-refractivity contribution in [2.45, 2.75) is 26.3 Å². The Bertz CT molecular complexity index is 53.2. The molecule has 1 saturated heterocycles. The first-order valence-corrected chi connectivity index (χ1v) is 2.95. The third-order valence-corrected chi connectivity index (χ3v) is 1.47. The van der Waals surface area contributed by atoms with E-state index < -0.39 is 0 Å². The van der Waals surface area contributed by atoms with Gasteiger partial charge in [-0.05, 0) is 19.3 Å². The second kappa shape index (κ2) is 1.83. The Hall–Kier alpha value is -0.0400. The van der Waals surface area contributed by atoms with E-state index in [9.17, 15) is 0 Å². The Labute approximate surface area is 45.1 Å². The van der Waals surface area contributed by atoms with Crippen molar-refractivity contribution in [3.63, 3.8) is 0 Å². The largest absolute Gasteiger partial charge is 0.238 e. The standard InChI is InChI=1S/C6H12N/c1-5-3-6(2)7-4-5/h5-6H,3-4H2,1-2H3/t5-,6+/m0/s1. The lowest BCUT2D eigenvalue weighted by Gasteiger charge is -1.94. The van der Waals surface area contributed by atoms with Crippen LogP contribution in [0, 0.1) is 5.92 Å².